The fourth-order valence-electron chi connectivity index (χ4n) is 0.301. The first-order chi connectivity index (χ1) is 4.70. The lowest BCUT2D eigenvalue weighted by Gasteiger charge is -1.90. The Balaban J connectivity index is 3.88. The van der Waals surface area contributed by atoms with Gasteiger partial charge in [-0.3, -0.25) is 4.99 Å². The lowest BCUT2D eigenvalue weighted by Crippen LogP contribution is -1.75. The van der Waals surface area contributed by atoms with Gasteiger partial charge in [-0.15, -0.1) is 11.8 Å². The molecule has 56 valence electrons. The van der Waals surface area contributed by atoms with Crippen LogP contribution in [0.1, 0.15) is 13.8 Å². The molecule has 0 aliphatic heterocycles. The van der Waals surface area contributed by atoms with Gasteiger partial charge < -0.3 is 0 Å². The molecule has 0 aromatic rings. The van der Waals surface area contributed by atoms with Gasteiger partial charge in [0.1, 0.15) is 0 Å². The Kier molecular flexibility index (Phi) is 5.03. The molecule has 0 N–H and O–H groups in total. The molecule has 0 amide bonds. The second kappa shape index (κ2) is 5.30. The fraction of sp³-hybridized carbons (Fsp3) is 0.375. The Bertz CT molecular complexity index is 168. The molecule has 0 bridgehead atoms. The second-order valence-electron chi connectivity index (χ2n) is 1.89. The first-order valence-corrected chi connectivity index (χ1v) is 4.33. The monoisotopic (exact) mass is 155 g/mol. The van der Waals surface area contributed by atoms with Crippen LogP contribution in [-0.2, 0) is 0 Å². The van der Waals surface area contributed by atoms with Gasteiger partial charge in [0, 0.05) is 6.21 Å². The highest BCUT2D eigenvalue weighted by Crippen LogP contribution is 2.08. The number of thioether (sulfide) groups is 1. The predicted octanol–water partition coefficient (Wildman–Crippen LogP) is 2.86. The predicted molar refractivity (Wildman–Crippen MR) is 50.6 cm³/mol. The summed E-state index contributed by atoms with van der Waals surface area (Å²) in [6.07, 6.45) is 5.79. The van der Waals surface area contributed by atoms with Crippen LogP contribution >= 0.6 is 11.8 Å². The third kappa shape index (κ3) is 4.39. The van der Waals surface area contributed by atoms with Crippen LogP contribution in [0.3, 0.4) is 0 Å². The standard InChI is InChI=1S/C8H13NS/c1-5-7(2)6-9-8(3)10-4/h5-6H,3H2,1-2,4H3/b7-5-,9-6?. The fourth-order valence-corrected chi connectivity index (χ4v) is 0.459. The number of nitrogens with zero attached hydrogens (tertiary/aromatic N) is 1. The van der Waals surface area contributed by atoms with Crippen molar-refractivity contribution in [3.05, 3.63) is 23.3 Å². The van der Waals surface area contributed by atoms with Crippen molar-refractivity contribution in [2.24, 2.45) is 4.99 Å². The molecule has 0 aliphatic carbocycles. The molecule has 1 nitrogen and oxygen atoms in total. The topological polar surface area (TPSA) is 12.4 Å². The molecule has 0 fully saturated rings. The molecular formula is C8H13NS. The second-order valence-corrected chi connectivity index (χ2v) is 2.77. The molecule has 0 saturated heterocycles. The molecule has 10 heavy (non-hydrogen) atoms. The third-order valence-electron chi connectivity index (χ3n) is 1.10. The van der Waals surface area contributed by atoms with Crippen molar-refractivity contribution < 1.29 is 0 Å². The van der Waals surface area contributed by atoms with Gasteiger partial charge in [0.15, 0.2) is 0 Å². The van der Waals surface area contributed by atoms with E-state index in [2.05, 4.69) is 11.6 Å². The van der Waals surface area contributed by atoms with E-state index >= 15 is 0 Å². The summed E-state index contributed by atoms with van der Waals surface area (Å²) in [5, 5.41) is 0.848. The van der Waals surface area contributed by atoms with Crippen LogP contribution in [0.25, 0.3) is 0 Å². The van der Waals surface area contributed by atoms with Gasteiger partial charge >= 0.3 is 0 Å². The Morgan fingerprint density at radius 3 is 2.60 bits per heavy atom. The van der Waals surface area contributed by atoms with Crippen molar-refractivity contribution in [1.29, 1.82) is 0 Å². The van der Waals surface area contributed by atoms with E-state index in [0.29, 0.717) is 0 Å². The summed E-state index contributed by atoms with van der Waals surface area (Å²) < 4.78 is 0. The Hall–Kier alpha value is -0.500. The Morgan fingerprint density at radius 1 is 1.60 bits per heavy atom. The largest absolute Gasteiger partial charge is 0.250 e. The number of hydrogen-bond donors (Lipinski definition) is 0. The number of aliphatic imine (C=N–C) groups is 1. The lowest BCUT2D eigenvalue weighted by molar-refractivity contribution is 1.50. The van der Waals surface area contributed by atoms with Crippen molar-refractivity contribution >= 4 is 18.0 Å². The highest BCUT2D eigenvalue weighted by Gasteiger charge is 1.82. The van der Waals surface area contributed by atoms with Gasteiger partial charge in [-0.05, 0) is 25.7 Å². The van der Waals surface area contributed by atoms with Gasteiger partial charge in [0.2, 0.25) is 0 Å². The molecule has 0 rings (SSSR count). The highest BCUT2D eigenvalue weighted by atomic mass is 32.2. The van der Waals surface area contributed by atoms with Crippen LogP contribution in [0.5, 0.6) is 0 Å². The van der Waals surface area contributed by atoms with Crippen molar-refractivity contribution in [2.75, 3.05) is 6.26 Å². The molecule has 0 spiro atoms. The van der Waals surface area contributed by atoms with Crippen molar-refractivity contribution in [2.45, 2.75) is 13.8 Å². The molecule has 2 heteroatoms. The molecule has 0 radical (unpaired) electrons. The minimum Gasteiger partial charge on any atom is -0.250 e. The van der Waals surface area contributed by atoms with E-state index in [1.165, 1.54) is 0 Å². The van der Waals surface area contributed by atoms with Gasteiger partial charge in [-0.25, -0.2) is 0 Å². The maximum atomic E-state index is 4.09. The smallest absolute Gasteiger partial charge is 0.0885 e. The first-order valence-electron chi connectivity index (χ1n) is 3.10. The Morgan fingerprint density at radius 2 is 2.20 bits per heavy atom. The average molecular weight is 155 g/mol. The number of allylic oxidation sites excluding steroid dienone is 2. The Labute approximate surface area is 66.9 Å². The summed E-state index contributed by atoms with van der Waals surface area (Å²) in [6.45, 7) is 7.72. The molecule has 0 aromatic heterocycles. The molecule has 0 aromatic carbocycles. The lowest BCUT2D eigenvalue weighted by atomic mass is 10.3. The molecule has 0 heterocycles. The maximum Gasteiger partial charge on any atom is 0.0885 e. The molecule has 0 unspecified atom stereocenters. The summed E-state index contributed by atoms with van der Waals surface area (Å²) in [5.41, 5.74) is 1.16. The molecule has 0 saturated carbocycles. The van der Waals surface area contributed by atoms with Crippen LogP contribution in [0.2, 0.25) is 0 Å². The quantitative estimate of drug-likeness (QED) is 0.571. The molecular weight excluding hydrogens is 142 g/mol. The molecule has 0 aliphatic rings. The highest BCUT2D eigenvalue weighted by molar-refractivity contribution is 8.02. The summed E-state index contributed by atoms with van der Waals surface area (Å²) in [5.74, 6) is 0. The normalized spacial score (nSPS) is 12.5. The van der Waals surface area contributed by atoms with E-state index in [9.17, 15) is 0 Å². The average Bonchev–Trinajstić information content (AvgIpc) is 1.99. The van der Waals surface area contributed by atoms with Crippen LogP contribution in [-0.4, -0.2) is 12.5 Å². The van der Waals surface area contributed by atoms with E-state index in [1.807, 2.05) is 32.4 Å². The number of rotatable bonds is 3. The van der Waals surface area contributed by atoms with Crippen LogP contribution in [0.15, 0.2) is 28.2 Å². The molecule has 0 atom stereocenters. The zero-order valence-electron chi connectivity index (χ0n) is 6.72. The van der Waals surface area contributed by atoms with Gasteiger partial charge in [-0.1, -0.05) is 12.7 Å². The van der Waals surface area contributed by atoms with Gasteiger partial charge in [0.25, 0.3) is 0 Å². The van der Waals surface area contributed by atoms with E-state index in [0.717, 1.165) is 10.6 Å². The van der Waals surface area contributed by atoms with Crippen molar-refractivity contribution in [3.63, 3.8) is 0 Å². The van der Waals surface area contributed by atoms with E-state index in [4.69, 9.17) is 0 Å². The first kappa shape index (κ1) is 9.50. The van der Waals surface area contributed by atoms with Crippen molar-refractivity contribution in [1.82, 2.24) is 0 Å². The maximum absolute atomic E-state index is 4.09. The minimum atomic E-state index is 0.848. The zero-order chi connectivity index (χ0) is 7.98. The minimum absolute atomic E-state index is 0.848. The SMILES string of the molecule is C=C(N=C/C(C)=C\C)SC. The van der Waals surface area contributed by atoms with E-state index in [1.54, 1.807) is 11.8 Å². The van der Waals surface area contributed by atoms with Crippen LogP contribution < -0.4 is 0 Å². The zero-order valence-corrected chi connectivity index (χ0v) is 7.53. The summed E-state index contributed by atoms with van der Waals surface area (Å²) in [6, 6.07) is 0. The van der Waals surface area contributed by atoms with E-state index in [-0.39, 0.29) is 0 Å². The summed E-state index contributed by atoms with van der Waals surface area (Å²) in [4.78, 5) is 4.09. The van der Waals surface area contributed by atoms with Gasteiger partial charge in [-0.2, -0.15) is 0 Å². The summed E-state index contributed by atoms with van der Waals surface area (Å²) >= 11 is 1.56. The van der Waals surface area contributed by atoms with Crippen LogP contribution in [0, 0.1) is 0 Å². The van der Waals surface area contributed by atoms with E-state index < -0.39 is 0 Å². The van der Waals surface area contributed by atoms with Crippen molar-refractivity contribution in [3.8, 4) is 0 Å². The van der Waals surface area contributed by atoms with Crippen LogP contribution in [0.4, 0.5) is 0 Å². The number of hydrogen-bond acceptors (Lipinski definition) is 2. The third-order valence-corrected chi connectivity index (χ3v) is 1.68. The van der Waals surface area contributed by atoms with Gasteiger partial charge in [0.05, 0.1) is 5.03 Å². The summed E-state index contributed by atoms with van der Waals surface area (Å²) in [7, 11) is 0.